The Morgan fingerprint density at radius 1 is 1.18 bits per heavy atom. The van der Waals surface area contributed by atoms with Gasteiger partial charge in [-0.3, -0.25) is 10.2 Å². The van der Waals surface area contributed by atoms with Crippen molar-refractivity contribution < 1.29 is 18.4 Å². The van der Waals surface area contributed by atoms with Crippen molar-refractivity contribution in [1.29, 1.82) is 0 Å². The van der Waals surface area contributed by atoms with E-state index in [2.05, 4.69) is 16.2 Å². The lowest BCUT2D eigenvalue weighted by Crippen LogP contribution is -2.48. The summed E-state index contributed by atoms with van der Waals surface area (Å²) in [6.07, 6.45) is 0.672. The summed E-state index contributed by atoms with van der Waals surface area (Å²) in [6.45, 7) is 1.78. The number of hydrazine groups is 1. The molecule has 1 aliphatic rings. The van der Waals surface area contributed by atoms with Crippen LogP contribution in [-0.4, -0.2) is 17.7 Å². The topological polar surface area (TPSA) is 83.4 Å². The van der Waals surface area contributed by atoms with Crippen molar-refractivity contribution in [2.75, 3.05) is 5.75 Å². The number of rotatable bonds is 2. The van der Waals surface area contributed by atoms with Crippen LogP contribution in [0.25, 0.3) is 11.0 Å². The van der Waals surface area contributed by atoms with Crippen LogP contribution in [0.15, 0.2) is 51.8 Å². The number of thioether (sulfide) groups is 1. The third-order valence-corrected chi connectivity index (χ3v) is 5.78. The molecule has 1 aromatic heterocycles. The zero-order valence-electron chi connectivity index (χ0n) is 15.0. The molecule has 1 aliphatic heterocycles. The first-order valence-electron chi connectivity index (χ1n) is 8.80. The summed E-state index contributed by atoms with van der Waals surface area (Å²) >= 11 is 1.63. The highest BCUT2D eigenvalue weighted by Gasteiger charge is 2.23. The molecule has 2 heterocycles. The molecule has 0 spiro atoms. The second kappa shape index (κ2) is 7.55. The van der Waals surface area contributed by atoms with Crippen LogP contribution in [0.2, 0.25) is 0 Å². The van der Waals surface area contributed by atoms with Crippen LogP contribution in [0.1, 0.15) is 34.1 Å². The van der Waals surface area contributed by atoms with Crippen LogP contribution in [0, 0.1) is 12.7 Å². The van der Waals surface area contributed by atoms with Crippen molar-refractivity contribution in [3.63, 3.8) is 0 Å². The zero-order valence-corrected chi connectivity index (χ0v) is 15.9. The van der Waals surface area contributed by atoms with E-state index in [0.717, 1.165) is 21.6 Å². The summed E-state index contributed by atoms with van der Waals surface area (Å²) in [5.74, 6) is 0.0632. The van der Waals surface area contributed by atoms with E-state index in [1.54, 1.807) is 30.8 Å². The van der Waals surface area contributed by atoms with Crippen LogP contribution in [-0.2, 0) is 0 Å². The third kappa shape index (κ3) is 3.55. The van der Waals surface area contributed by atoms with Gasteiger partial charge in [-0.1, -0.05) is 18.2 Å². The van der Waals surface area contributed by atoms with Gasteiger partial charge in [0.2, 0.25) is 0 Å². The number of nitrogens with one attached hydrogen (secondary N) is 3. The molecule has 28 heavy (non-hydrogen) atoms. The number of para-hydroxylation sites is 1. The van der Waals surface area contributed by atoms with E-state index < -0.39 is 11.9 Å². The first-order chi connectivity index (χ1) is 13.5. The Balaban J connectivity index is 1.40. The van der Waals surface area contributed by atoms with E-state index >= 15 is 0 Å². The summed E-state index contributed by atoms with van der Waals surface area (Å²) < 4.78 is 19.1. The lowest BCUT2D eigenvalue weighted by Gasteiger charge is -2.26. The molecule has 0 radical (unpaired) electrons. The number of carbonyl (C=O) groups excluding carboxylic acids is 2. The largest absolute Gasteiger partial charge is 0.451 e. The van der Waals surface area contributed by atoms with Gasteiger partial charge in [-0.25, -0.2) is 14.6 Å². The molecule has 1 unspecified atom stereocenters. The summed E-state index contributed by atoms with van der Waals surface area (Å²) in [6, 6.07) is 11.0. The number of urea groups is 1. The van der Waals surface area contributed by atoms with Crippen molar-refractivity contribution >= 4 is 34.7 Å². The molecular formula is C20H18FN3O3S. The van der Waals surface area contributed by atoms with Crippen LogP contribution in [0.3, 0.4) is 0 Å². The molecule has 0 saturated heterocycles. The summed E-state index contributed by atoms with van der Waals surface area (Å²) in [7, 11) is 0. The van der Waals surface area contributed by atoms with E-state index in [0.29, 0.717) is 17.6 Å². The van der Waals surface area contributed by atoms with Gasteiger partial charge < -0.3 is 9.73 Å². The molecule has 144 valence electrons. The normalized spacial score (nSPS) is 15.7. The smallest absolute Gasteiger partial charge is 0.333 e. The minimum Gasteiger partial charge on any atom is -0.451 e. The van der Waals surface area contributed by atoms with Crippen molar-refractivity contribution in [1.82, 2.24) is 16.2 Å². The molecular weight excluding hydrogens is 381 g/mol. The molecule has 0 aliphatic carbocycles. The van der Waals surface area contributed by atoms with E-state index in [9.17, 15) is 14.0 Å². The molecule has 0 bridgehead atoms. The van der Waals surface area contributed by atoms with Gasteiger partial charge >= 0.3 is 11.9 Å². The molecule has 1 atom stereocenters. The number of aryl methyl sites for hydroxylation is 1. The fourth-order valence-corrected chi connectivity index (χ4v) is 4.38. The highest BCUT2D eigenvalue weighted by atomic mass is 32.2. The van der Waals surface area contributed by atoms with Gasteiger partial charge in [-0.05, 0) is 43.2 Å². The molecule has 0 fully saturated rings. The SMILES string of the molecule is Cc1c(C(=O)NNC(=O)NC2CCSc3ccc(F)cc32)oc2ccccc12. The number of furan rings is 1. The number of halogens is 1. The van der Waals surface area contributed by atoms with Gasteiger partial charge in [0.1, 0.15) is 11.4 Å². The maximum absolute atomic E-state index is 13.6. The quantitative estimate of drug-likeness (QED) is 0.568. The standard InChI is InChI=1S/C20H18FN3O3S/c1-11-13-4-2-3-5-16(13)27-18(11)19(25)23-24-20(26)22-15-8-9-28-17-7-6-12(21)10-14(15)17/h2-7,10,15H,8-9H2,1H3,(H,23,25)(H2,22,24,26). The first kappa shape index (κ1) is 18.4. The molecule has 2 aromatic carbocycles. The van der Waals surface area contributed by atoms with Gasteiger partial charge in [-0.15, -0.1) is 11.8 Å². The Hall–Kier alpha value is -3.00. The molecule has 8 heteroatoms. The Morgan fingerprint density at radius 3 is 2.82 bits per heavy atom. The first-order valence-corrected chi connectivity index (χ1v) is 9.78. The number of benzene rings is 2. The van der Waals surface area contributed by atoms with Crippen molar-refractivity contribution in [3.05, 3.63) is 65.2 Å². The van der Waals surface area contributed by atoms with E-state index in [1.165, 1.54) is 12.1 Å². The van der Waals surface area contributed by atoms with Gasteiger partial charge in [0, 0.05) is 21.6 Å². The highest BCUT2D eigenvalue weighted by molar-refractivity contribution is 7.99. The third-order valence-electron chi connectivity index (χ3n) is 4.66. The van der Waals surface area contributed by atoms with E-state index in [-0.39, 0.29) is 17.6 Å². The van der Waals surface area contributed by atoms with Gasteiger partial charge in [-0.2, -0.15) is 0 Å². The number of carbonyl (C=O) groups is 2. The monoisotopic (exact) mass is 399 g/mol. The molecule has 3 N–H and O–H groups in total. The molecule has 3 aromatic rings. The summed E-state index contributed by atoms with van der Waals surface area (Å²) in [5.41, 5.74) is 6.73. The molecule has 4 rings (SSSR count). The second-order valence-corrected chi connectivity index (χ2v) is 7.61. The number of amides is 3. The minimum absolute atomic E-state index is 0.142. The van der Waals surface area contributed by atoms with E-state index in [4.69, 9.17) is 4.42 Å². The molecule has 6 nitrogen and oxygen atoms in total. The maximum Gasteiger partial charge on any atom is 0.333 e. The van der Waals surface area contributed by atoms with Gasteiger partial charge in [0.05, 0.1) is 6.04 Å². The minimum atomic E-state index is -0.575. The number of hydrogen-bond acceptors (Lipinski definition) is 4. The fourth-order valence-electron chi connectivity index (χ4n) is 3.27. The lowest BCUT2D eigenvalue weighted by molar-refractivity contribution is 0.0909. The predicted octanol–water partition coefficient (Wildman–Crippen LogP) is 4.06. The fraction of sp³-hybridized carbons (Fsp3) is 0.200. The average Bonchev–Trinajstić information content (AvgIpc) is 3.04. The van der Waals surface area contributed by atoms with Crippen LogP contribution < -0.4 is 16.2 Å². The molecule has 0 saturated carbocycles. The van der Waals surface area contributed by atoms with Crippen LogP contribution >= 0.6 is 11.8 Å². The van der Waals surface area contributed by atoms with E-state index in [1.807, 2.05) is 18.2 Å². The number of fused-ring (bicyclic) bond motifs is 2. The van der Waals surface area contributed by atoms with Gasteiger partial charge in [0.25, 0.3) is 0 Å². The Morgan fingerprint density at radius 2 is 2.00 bits per heavy atom. The van der Waals surface area contributed by atoms with Crippen molar-refractivity contribution in [2.24, 2.45) is 0 Å². The average molecular weight is 399 g/mol. The maximum atomic E-state index is 13.6. The van der Waals surface area contributed by atoms with Crippen LogP contribution in [0.5, 0.6) is 0 Å². The Labute approximate surface area is 164 Å². The predicted molar refractivity (Wildman–Crippen MR) is 105 cm³/mol. The molecule has 3 amide bonds. The highest BCUT2D eigenvalue weighted by Crippen LogP contribution is 2.36. The Kier molecular flexibility index (Phi) is 4.95. The summed E-state index contributed by atoms with van der Waals surface area (Å²) in [5, 5.41) is 3.62. The zero-order chi connectivity index (χ0) is 19.7. The number of hydrogen-bond donors (Lipinski definition) is 3. The Bertz CT molecular complexity index is 1070. The van der Waals surface area contributed by atoms with Crippen molar-refractivity contribution in [2.45, 2.75) is 24.3 Å². The van der Waals surface area contributed by atoms with Crippen LogP contribution in [0.4, 0.5) is 9.18 Å². The van der Waals surface area contributed by atoms with Crippen molar-refractivity contribution in [3.8, 4) is 0 Å². The second-order valence-electron chi connectivity index (χ2n) is 6.48. The summed E-state index contributed by atoms with van der Waals surface area (Å²) in [4.78, 5) is 25.5. The van der Waals surface area contributed by atoms with Gasteiger partial charge in [0.15, 0.2) is 5.76 Å². The lowest BCUT2D eigenvalue weighted by atomic mass is 10.0.